The molecule has 0 aromatic carbocycles. The van der Waals surface area contributed by atoms with E-state index in [9.17, 15) is 18.9 Å². The Morgan fingerprint density at radius 2 is 2.25 bits per heavy atom. The second-order valence-electron chi connectivity index (χ2n) is 5.51. The Morgan fingerprint density at radius 3 is 2.92 bits per heavy atom. The van der Waals surface area contributed by atoms with Crippen molar-refractivity contribution in [1.29, 1.82) is 0 Å². The van der Waals surface area contributed by atoms with Gasteiger partial charge in [0.05, 0.1) is 18.5 Å². The highest BCUT2D eigenvalue weighted by molar-refractivity contribution is 7.51. The minimum absolute atomic E-state index is 0.0366. The maximum absolute atomic E-state index is 14.4. The number of rotatable bonds is 4. The smallest absolute Gasteiger partial charge is 0.350 e. The third-order valence-corrected chi connectivity index (χ3v) is 4.30. The van der Waals surface area contributed by atoms with Crippen molar-refractivity contribution in [3.63, 3.8) is 0 Å². The Hall–Kier alpha value is -1.85. The minimum atomic E-state index is -4.45. The fraction of sp³-hybridized carbons (Fsp3) is 0.545. The van der Waals surface area contributed by atoms with Gasteiger partial charge >= 0.3 is 7.60 Å². The van der Waals surface area contributed by atoms with Crippen molar-refractivity contribution < 1.29 is 28.6 Å². The summed E-state index contributed by atoms with van der Waals surface area (Å²) >= 11 is 0. The summed E-state index contributed by atoms with van der Waals surface area (Å²) in [5, 5.41) is 9.91. The summed E-state index contributed by atoms with van der Waals surface area (Å²) in [7, 11) is -4.45. The van der Waals surface area contributed by atoms with Crippen LogP contribution >= 0.6 is 7.60 Å². The van der Waals surface area contributed by atoms with Crippen LogP contribution in [0, 0.1) is 0 Å². The number of ether oxygens (including phenoxy) is 1. The van der Waals surface area contributed by atoms with Crippen molar-refractivity contribution >= 4 is 24.7 Å². The number of hydrogen-bond donors (Lipinski definition) is 5. The molecule has 2 aromatic rings. The van der Waals surface area contributed by atoms with E-state index in [1.807, 2.05) is 0 Å². The quantitative estimate of drug-likeness (QED) is 0.420. The van der Waals surface area contributed by atoms with E-state index >= 15 is 0 Å². The van der Waals surface area contributed by atoms with Crippen molar-refractivity contribution in [1.82, 2.24) is 19.5 Å². The van der Waals surface area contributed by atoms with Gasteiger partial charge in [0.1, 0.15) is 18.6 Å². The van der Waals surface area contributed by atoms with Crippen molar-refractivity contribution in [3.8, 4) is 0 Å². The number of halogens is 1. The van der Waals surface area contributed by atoms with Gasteiger partial charge in [-0.1, -0.05) is 0 Å². The van der Waals surface area contributed by atoms with E-state index in [-0.39, 0.29) is 23.5 Å². The van der Waals surface area contributed by atoms with Crippen LogP contribution in [-0.2, 0) is 9.30 Å². The molecule has 0 spiro atoms. The van der Waals surface area contributed by atoms with Crippen LogP contribution in [-0.4, -0.2) is 59.1 Å². The molecule has 0 bridgehead atoms. The van der Waals surface area contributed by atoms with Crippen LogP contribution in [0.2, 0.25) is 0 Å². The second-order valence-corrected chi connectivity index (χ2v) is 7.10. The van der Waals surface area contributed by atoms with Gasteiger partial charge in [0.2, 0.25) is 5.95 Å². The predicted molar refractivity (Wildman–Crippen MR) is 78.9 cm³/mol. The summed E-state index contributed by atoms with van der Waals surface area (Å²) in [6, 6.07) is -0.972. The number of nitrogens with zero attached hydrogens (tertiary/aromatic N) is 3. The predicted octanol–water partition coefficient (Wildman–Crippen LogP) is -1.13. The van der Waals surface area contributed by atoms with E-state index in [1.54, 1.807) is 0 Å². The molecule has 13 heteroatoms. The number of imidazole rings is 1. The number of hydrogen-bond acceptors (Lipinski definition) is 7. The number of nitrogens with two attached hydrogens (primary N) is 1. The molecule has 1 aliphatic carbocycles. The van der Waals surface area contributed by atoms with E-state index in [1.165, 1.54) is 10.9 Å². The van der Waals surface area contributed by atoms with Crippen LogP contribution in [0.3, 0.4) is 0 Å². The first-order chi connectivity index (χ1) is 11.2. The van der Waals surface area contributed by atoms with E-state index < -0.39 is 43.9 Å². The maximum Gasteiger partial charge on any atom is 0.350 e. The Kier molecular flexibility index (Phi) is 4.18. The van der Waals surface area contributed by atoms with Gasteiger partial charge in [-0.2, -0.15) is 4.98 Å². The summed E-state index contributed by atoms with van der Waals surface area (Å²) < 4.78 is 31.5. The van der Waals surface area contributed by atoms with E-state index in [2.05, 4.69) is 15.0 Å². The molecule has 6 N–H and O–H groups in total. The number of aromatic nitrogens is 4. The standard InChI is InChI=1S/C11H15FN5O6P/c12-6-4(1-5(8(6)18)23-3-24(20,21)22)17-2-14-7-9(17)15-11(13)16-10(7)19/h2,4-6,8,18H,1,3H2,(H2,20,21,22)(H3,13,15,16,19). The van der Waals surface area contributed by atoms with Gasteiger partial charge in [0, 0.05) is 6.42 Å². The van der Waals surface area contributed by atoms with Crippen LogP contribution < -0.4 is 11.3 Å². The number of H-pyrrole nitrogens is 1. The summed E-state index contributed by atoms with van der Waals surface area (Å²) in [4.78, 5) is 39.4. The molecule has 3 rings (SSSR count). The zero-order chi connectivity index (χ0) is 17.6. The topological polar surface area (TPSA) is 177 Å². The fourth-order valence-corrected chi connectivity index (χ4v) is 3.14. The molecule has 132 valence electrons. The Balaban J connectivity index is 1.90. The van der Waals surface area contributed by atoms with E-state index in [0.717, 1.165) is 0 Å². The van der Waals surface area contributed by atoms with Gasteiger partial charge in [0.15, 0.2) is 11.2 Å². The van der Waals surface area contributed by atoms with E-state index in [4.69, 9.17) is 20.3 Å². The number of nitrogens with one attached hydrogen (secondary N) is 1. The molecule has 0 saturated heterocycles. The molecule has 0 aliphatic heterocycles. The molecule has 2 aromatic heterocycles. The fourth-order valence-electron chi connectivity index (χ4n) is 2.75. The van der Waals surface area contributed by atoms with Crippen LogP contribution in [0.15, 0.2) is 11.1 Å². The Bertz CT molecular complexity index is 864. The Labute approximate surface area is 133 Å². The number of aliphatic hydroxyl groups is 1. The van der Waals surface area contributed by atoms with Crippen LogP contribution in [0.5, 0.6) is 0 Å². The third-order valence-electron chi connectivity index (χ3n) is 3.81. The highest BCUT2D eigenvalue weighted by Crippen LogP contribution is 2.40. The average molecular weight is 363 g/mol. The highest BCUT2D eigenvalue weighted by Gasteiger charge is 2.45. The molecule has 4 unspecified atom stereocenters. The lowest BCUT2D eigenvalue weighted by Gasteiger charge is -2.16. The largest absolute Gasteiger partial charge is 0.387 e. The molecular formula is C11H15FN5O6P. The summed E-state index contributed by atoms with van der Waals surface area (Å²) in [6.07, 6.45) is -4.31. The third kappa shape index (κ3) is 3.06. The molecule has 11 nitrogen and oxygen atoms in total. The van der Waals surface area contributed by atoms with Crippen molar-refractivity contribution in [2.24, 2.45) is 0 Å². The monoisotopic (exact) mass is 363 g/mol. The van der Waals surface area contributed by atoms with Gasteiger partial charge in [-0.25, -0.2) is 9.37 Å². The zero-order valence-corrected chi connectivity index (χ0v) is 13.0. The average Bonchev–Trinajstić information content (AvgIpc) is 3.00. The summed E-state index contributed by atoms with van der Waals surface area (Å²) in [6.45, 7) is 0. The lowest BCUT2D eigenvalue weighted by atomic mass is 10.2. The second kappa shape index (κ2) is 5.90. The number of alkyl halides is 1. The molecule has 1 saturated carbocycles. The molecule has 0 radical (unpaired) electrons. The van der Waals surface area contributed by atoms with E-state index in [0.29, 0.717) is 0 Å². The first kappa shape index (κ1) is 17.0. The molecule has 1 fully saturated rings. The van der Waals surface area contributed by atoms with Gasteiger partial charge in [-0.15, -0.1) is 0 Å². The minimum Gasteiger partial charge on any atom is -0.387 e. The first-order valence-corrected chi connectivity index (χ1v) is 8.68. The van der Waals surface area contributed by atoms with Crippen LogP contribution in [0.1, 0.15) is 12.5 Å². The van der Waals surface area contributed by atoms with Crippen LogP contribution in [0.25, 0.3) is 11.2 Å². The molecule has 1 aliphatic rings. The van der Waals surface area contributed by atoms with Crippen molar-refractivity contribution in [2.45, 2.75) is 30.8 Å². The summed E-state index contributed by atoms with van der Waals surface area (Å²) in [5.74, 6) is -0.169. The first-order valence-electron chi connectivity index (χ1n) is 6.88. The normalized spacial score (nSPS) is 27.8. The SMILES string of the molecule is Nc1nc2c(ncn2C2CC(OCP(=O)(O)O)C(O)C2F)c(=O)[nH]1. The zero-order valence-electron chi connectivity index (χ0n) is 12.1. The molecular weight excluding hydrogens is 348 g/mol. The lowest BCUT2D eigenvalue weighted by Crippen LogP contribution is -2.30. The van der Waals surface area contributed by atoms with Crippen LogP contribution in [0.4, 0.5) is 10.3 Å². The number of aliphatic hydroxyl groups excluding tert-OH is 1. The molecule has 0 amide bonds. The van der Waals surface area contributed by atoms with Crippen molar-refractivity contribution in [3.05, 3.63) is 16.7 Å². The Morgan fingerprint density at radius 1 is 1.54 bits per heavy atom. The number of aromatic amines is 1. The lowest BCUT2D eigenvalue weighted by molar-refractivity contribution is -0.0264. The van der Waals surface area contributed by atoms with Gasteiger partial charge in [0.25, 0.3) is 5.56 Å². The van der Waals surface area contributed by atoms with Gasteiger partial charge in [-0.3, -0.25) is 14.3 Å². The van der Waals surface area contributed by atoms with Gasteiger partial charge in [-0.05, 0) is 0 Å². The summed E-state index contributed by atoms with van der Waals surface area (Å²) in [5.41, 5.74) is 4.90. The van der Waals surface area contributed by atoms with Gasteiger partial charge < -0.3 is 29.9 Å². The number of fused-ring (bicyclic) bond motifs is 1. The molecule has 2 heterocycles. The molecule has 24 heavy (non-hydrogen) atoms. The number of nitrogen functional groups attached to an aromatic ring is 1. The molecule has 4 atom stereocenters. The van der Waals surface area contributed by atoms with Crippen molar-refractivity contribution in [2.75, 3.05) is 12.1 Å². The maximum atomic E-state index is 14.4. The number of anilines is 1. The highest BCUT2D eigenvalue weighted by atomic mass is 31.2.